The number of carbonyl (C=O) groups excluding carboxylic acids is 1. The van der Waals surface area contributed by atoms with Gasteiger partial charge in [-0.2, -0.15) is 0 Å². The van der Waals surface area contributed by atoms with Crippen molar-refractivity contribution in [2.24, 2.45) is 0 Å². The summed E-state index contributed by atoms with van der Waals surface area (Å²) in [5.74, 6) is -0.994. The Hall–Kier alpha value is -2.04. The molecule has 0 aliphatic heterocycles. The molecule has 0 fully saturated rings. The van der Waals surface area contributed by atoms with E-state index in [9.17, 15) is 9.59 Å². The quantitative estimate of drug-likeness (QED) is 0.867. The van der Waals surface area contributed by atoms with E-state index in [0.29, 0.717) is 11.3 Å². The molecule has 0 radical (unpaired) electrons. The normalized spacial score (nSPS) is 11.8. The Morgan fingerprint density at radius 3 is 2.60 bits per heavy atom. The maximum Gasteiger partial charge on any atom is 0.336 e. The maximum absolute atomic E-state index is 12.1. The Morgan fingerprint density at radius 2 is 2.05 bits per heavy atom. The van der Waals surface area contributed by atoms with Crippen LogP contribution in [0.4, 0.5) is 10.5 Å². The summed E-state index contributed by atoms with van der Waals surface area (Å²) in [6.45, 7) is 5.75. The fourth-order valence-electron chi connectivity index (χ4n) is 2.02. The minimum absolute atomic E-state index is 0.142. The monoisotopic (exact) mass is 278 g/mol. The minimum atomic E-state index is -0.994. The second kappa shape index (κ2) is 6.93. The molecule has 5 nitrogen and oxygen atoms in total. The Balaban J connectivity index is 2.86. The van der Waals surface area contributed by atoms with E-state index in [2.05, 4.69) is 12.2 Å². The summed E-state index contributed by atoms with van der Waals surface area (Å²) >= 11 is 0. The number of anilines is 1. The first-order valence-electron chi connectivity index (χ1n) is 6.75. The van der Waals surface area contributed by atoms with Gasteiger partial charge in [0, 0.05) is 18.8 Å². The third-order valence-electron chi connectivity index (χ3n) is 3.49. The van der Waals surface area contributed by atoms with E-state index in [1.165, 1.54) is 6.07 Å². The smallest absolute Gasteiger partial charge is 0.336 e. The fourth-order valence-corrected chi connectivity index (χ4v) is 2.02. The molecule has 0 spiro atoms. The lowest BCUT2D eigenvalue weighted by Gasteiger charge is -2.25. The number of amides is 2. The maximum atomic E-state index is 12.1. The van der Waals surface area contributed by atoms with Gasteiger partial charge in [0.25, 0.3) is 0 Å². The second-order valence-corrected chi connectivity index (χ2v) is 4.96. The second-order valence-electron chi connectivity index (χ2n) is 4.96. The number of urea groups is 1. The van der Waals surface area contributed by atoms with Gasteiger partial charge in [-0.05, 0) is 38.0 Å². The van der Waals surface area contributed by atoms with Gasteiger partial charge in [0.2, 0.25) is 0 Å². The molecule has 2 N–H and O–H groups in total. The zero-order valence-corrected chi connectivity index (χ0v) is 12.4. The summed E-state index contributed by atoms with van der Waals surface area (Å²) in [6.07, 6.45) is 1.93. The molecule has 0 saturated heterocycles. The van der Waals surface area contributed by atoms with Gasteiger partial charge in [0.1, 0.15) is 0 Å². The van der Waals surface area contributed by atoms with Crippen molar-refractivity contribution in [1.29, 1.82) is 0 Å². The zero-order valence-electron chi connectivity index (χ0n) is 12.4. The van der Waals surface area contributed by atoms with E-state index < -0.39 is 5.97 Å². The molecule has 1 rings (SSSR count). The van der Waals surface area contributed by atoms with Gasteiger partial charge < -0.3 is 15.3 Å². The summed E-state index contributed by atoms with van der Waals surface area (Å²) in [5, 5.41) is 11.8. The van der Waals surface area contributed by atoms with Crippen LogP contribution in [0, 0.1) is 6.92 Å². The molecule has 20 heavy (non-hydrogen) atoms. The first-order chi connectivity index (χ1) is 9.38. The van der Waals surface area contributed by atoms with Gasteiger partial charge in [-0.15, -0.1) is 0 Å². The fraction of sp³-hybridized carbons (Fsp3) is 0.467. The van der Waals surface area contributed by atoms with Crippen LogP contribution in [0.5, 0.6) is 0 Å². The van der Waals surface area contributed by atoms with Gasteiger partial charge in [0.15, 0.2) is 0 Å². The number of carboxylic acid groups (broad SMARTS) is 1. The van der Waals surface area contributed by atoms with Crippen molar-refractivity contribution in [2.45, 2.75) is 39.7 Å². The third-order valence-corrected chi connectivity index (χ3v) is 3.49. The molecule has 0 aliphatic carbocycles. The Morgan fingerprint density at radius 1 is 1.40 bits per heavy atom. The molecule has 1 unspecified atom stereocenters. The summed E-state index contributed by atoms with van der Waals surface area (Å²) < 4.78 is 0. The van der Waals surface area contributed by atoms with Crippen LogP contribution in [0.2, 0.25) is 0 Å². The number of carboxylic acids is 1. The predicted molar refractivity (Wildman–Crippen MR) is 79.3 cm³/mol. The molecule has 0 aromatic heterocycles. The first kappa shape index (κ1) is 16.0. The van der Waals surface area contributed by atoms with Crippen molar-refractivity contribution in [3.63, 3.8) is 0 Å². The Kier molecular flexibility index (Phi) is 5.55. The average molecular weight is 278 g/mol. The van der Waals surface area contributed by atoms with E-state index in [0.717, 1.165) is 12.8 Å². The molecule has 0 saturated carbocycles. The lowest BCUT2D eigenvalue weighted by molar-refractivity contribution is 0.0696. The van der Waals surface area contributed by atoms with E-state index >= 15 is 0 Å². The molecule has 0 bridgehead atoms. The SMILES string of the molecule is CCCC(C)N(C)C(=O)Nc1cccc(C(=O)O)c1C. The number of nitrogens with one attached hydrogen (secondary N) is 1. The van der Waals surface area contributed by atoms with Crippen molar-refractivity contribution in [3.05, 3.63) is 29.3 Å². The van der Waals surface area contributed by atoms with Crippen LogP contribution >= 0.6 is 0 Å². The van der Waals surface area contributed by atoms with Crippen LogP contribution in [0.25, 0.3) is 0 Å². The Labute approximate surface area is 119 Å². The van der Waals surface area contributed by atoms with Crippen LogP contribution in [0.3, 0.4) is 0 Å². The first-order valence-corrected chi connectivity index (χ1v) is 6.75. The third kappa shape index (κ3) is 3.73. The molecule has 1 aromatic carbocycles. The number of carbonyl (C=O) groups is 2. The lowest BCUT2D eigenvalue weighted by atomic mass is 10.1. The van der Waals surface area contributed by atoms with Crippen LogP contribution in [0.15, 0.2) is 18.2 Å². The predicted octanol–water partition coefficient (Wildman–Crippen LogP) is 3.35. The minimum Gasteiger partial charge on any atom is -0.478 e. The van der Waals surface area contributed by atoms with Gasteiger partial charge in [-0.25, -0.2) is 9.59 Å². The lowest BCUT2D eigenvalue weighted by Crippen LogP contribution is -2.38. The molecule has 5 heteroatoms. The summed E-state index contributed by atoms with van der Waals surface area (Å²) in [4.78, 5) is 24.8. The molecule has 110 valence electrons. The number of hydrogen-bond acceptors (Lipinski definition) is 2. The van der Waals surface area contributed by atoms with Crippen molar-refractivity contribution in [2.75, 3.05) is 12.4 Å². The van der Waals surface area contributed by atoms with Crippen molar-refractivity contribution < 1.29 is 14.7 Å². The topological polar surface area (TPSA) is 69.6 Å². The van der Waals surface area contributed by atoms with Gasteiger partial charge in [0.05, 0.1) is 5.56 Å². The zero-order chi connectivity index (χ0) is 15.3. The van der Waals surface area contributed by atoms with E-state index in [1.54, 1.807) is 31.0 Å². The average Bonchev–Trinajstić information content (AvgIpc) is 2.40. The van der Waals surface area contributed by atoms with E-state index in [4.69, 9.17) is 5.11 Å². The number of aromatic carboxylic acids is 1. The molecular weight excluding hydrogens is 256 g/mol. The van der Waals surface area contributed by atoms with Crippen LogP contribution in [0.1, 0.15) is 42.6 Å². The summed E-state index contributed by atoms with van der Waals surface area (Å²) in [7, 11) is 1.74. The highest BCUT2D eigenvalue weighted by Crippen LogP contribution is 2.19. The molecule has 0 heterocycles. The van der Waals surface area contributed by atoms with Gasteiger partial charge >= 0.3 is 12.0 Å². The largest absolute Gasteiger partial charge is 0.478 e. The van der Waals surface area contributed by atoms with E-state index in [-0.39, 0.29) is 17.6 Å². The van der Waals surface area contributed by atoms with Crippen LogP contribution < -0.4 is 5.32 Å². The van der Waals surface area contributed by atoms with Crippen LogP contribution in [-0.4, -0.2) is 35.1 Å². The van der Waals surface area contributed by atoms with Gasteiger partial charge in [-0.3, -0.25) is 0 Å². The summed E-state index contributed by atoms with van der Waals surface area (Å²) in [6, 6.07) is 4.77. The molecular formula is C15H22N2O3. The van der Waals surface area contributed by atoms with Crippen molar-refractivity contribution in [3.8, 4) is 0 Å². The van der Waals surface area contributed by atoms with Gasteiger partial charge in [-0.1, -0.05) is 19.4 Å². The highest BCUT2D eigenvalue weighted by Gasteiger charge is 2.17. The van der Waals surface area contributed by atoms with Crippen molar-refractivity contribution in [1.82, 2.24) is 4.90 Å². The highest BCUT2D eigenvalue weighted by molar-refractivity contribution is 5.95. The summed E-state index contributed by atoms with van der Waals surface area (Å²) in [5.41, 5.74) is 1.29. The highest BCUT2D eigenvalue weighted by atomic mass is 16.4. The molecule has 1 aromatic rings. The number of benzene rings is 1. The molecule has 2 amide bonds. The number of rotatable bonds is 5. The number of hydrogen-bond donors (Lipinski definition) is 2. The van der Waals surface area contributed by atoms with Crippen molar-refractivity contribution >= 4 is 17.7 Å². The number of nitrogens with zero attached hydrogens (tertiary/aromatic N) is 1. The standard InChI is InChI=1S/C15H22N2O3/c1-5-7-10(2)17(4)15(20)16-13-9-6-8-12(11(13)3)14(18)19/h6,8-10H,5,7H2,1-4H3,(H,16,20)(H,18,19). The molecule has 1 atom stereocenters. The van der Waals surface area contributed by atoms with Crippen LogP contribution in [-0.2, 0) is 0 Å². The van der Waals surface area contributed by atoms with E-state index in [1.807, 2.05) is 6.92 Å². The Bertz CT molecular complexity index is 500. The molecule has 0 aliphatic rings.